The summed E-state index contributed by atoms with van der Waals surface area (Å²) in [5.74, 6) is -1.11. The Morgan fingerprint density at radius 2 is 1.95 bits per heavy atom. The molecule has 0 bridgehead atoms. The van der Waals surface area contributed by atoms with Gasteiger partial charge < -0.3 is 5.32 Å². The minimum absolute atomic E-state index is 0.378. The number of nitrogens with zero attached hydrogens (tertiary/aromatic N) is 2. The molecule has 0 spiro atoms. The van der Waals surface area contributed by atoms with Gasteiger partial charge >= 0.3 is 0 Å². The van der Waals surface area contributed by atoms with E-state index >= 15 is 0 Å². The molecule has 19 heavy (non-hydrogen) atoms. The van der Waals surface area contributed by atoms with Crippen LogP contribution in [-0.2, 0) is 13.1 Å². The number of aromatic nitrogens is 2. The Labute approximate surface area is 110 Å². The molecule has 2 aromatic rings. The van der Waals surface area contributed by atoms with Gasteiger partial charge in [-0.2, -0.15) is 5.10 Å². The molecule has 1 aromatic heterocycles. The lowest BCUT2D eigenvalue weighted by Gasteiger charge is -2.08. The van der Waals surface area contributed by atoms with Crippen molar-refractivity contribution in [2.75, 3.05) is 0 Å². The quantitative estimate of drug-likeness (QED) is 0.898. The molecule has 1 N–H and O–H groups in total. The maximum atomic E-state index is 13.1. The highest BCUT2D eigenvalue weighted by molar-refractivity contribution is 5.19. The van der Waals surface area contributed by atoms with Crippen molar-refractivity contribution < 1.29 is 8.78 Å². The zero-order valence-electron chi connectivity index (χ0n) is 10.4. The Hall–Kier alpha value is -1.75. The summed E-state index contributed by atoms with van der Waals surface area (Å²) in [7, 11) is 0. The molecule has 1 saturated carbocycles. The van der Waals surface area contributed by atoms with Gasteiger partial charge in [-0.15, -0.1) is 0 Å². The summed E-state index contributed by atoms with van der Waals surface area (Å²) >= 11 is 0. The molecule has 0 radical (unpaired) electrons. The molecule has 5 heteroatoms. The first kappa shape index (κ1) is 12.3. The van der Waals surface area contributed by atoms with Crippen molar-refractivity contribution in [2.45, 2.75) is 32.0 Å². The molecule has 1 heterocycles. The molecule has 100 valence electrons. The zero-order valence-corrected chi connectivity index (χ0v) is 10.4. The van der Waals surface area contributed by atoms with Gasteiger partial charge in [-0.1, -0.05) is 0 Å². The highest BCUT2D eigenvalue weighted by Gasteiger charge is 2.20. The second-order valence-corrected chi connectivity index (χ2v) is 4.91. The Kier molecular flexibility index (Phi) is 3.29. The second-order valence-electron chi connectivity index (χ2n) is 4.91. The molecular formula is C14H15F2N3. The molecule has 3 nitrogen and oxygen atoms in total. The molecule has 0 aliphatic heterocycles. The molecule has 0 unspecified atom stereocenters. The number of rotatable bonds is 5. The van der Waals surface area contributed by atoms with Crippen LogP contribution in [0.25, 0.3) is 0 Å². The molecule has 1 aliphatic carbocycles. The Balaban J connectivity index is 1.72. The second kappa shape index (κ2) is 5.09. The van der Waals surface area contributed by atoms with Gasteiger partial charge in [0, 0.05) is 24.8 Å². The molecular weight excluding hydrogens is 248 g/mol. The van der Waals surface area contributed by atoms with Gasteiger partial charge in [-0.05, 0) is 36.6 Å². The van der Waals surface area contributed by atoms with Gasteiger partial charge in [0.2, 0.25) is 0 Å². The average molecular weight is 263 g/mol. The predicted molar refractivity (Wildman–Crippen MR) is 67.5 cm³/mol. The van der Waals surface area contributed by atoms with Gasteiger partial charge in [-0.3, -0.25) is 4.68 Å². The fourth-order valence-electron chi connectivity index (χ4n) is 2.06. The third-order valence-electron chi connectivity index (χ3n) is 3.21. The molecule has 0 atom stereocenters. The van der Waals surface area contributed by atoms with Crippen molar-refractivity contribution in [2.24, 2.45) is 0 Å². The highest BCUT2D eigenvalue weighted by atomic mass is 19.1. The summed E-state index contributed by atoms with van der Waals surface area (Å²) in [5.41, 5.74) is 1.60. The van der Waals surface area contributed by atoms with Crippen LogP contribution < -0.4 is 5.32 Å². The van der Waals surface area contributed by atoms with Crippen LogP contribution in [0.4, 0.5) is 8.78 Å². The van der Waals surface area contributed by atoms with Crippen molar-refractivity contribution in [3.05, 3.63) is 53.4 Å². The smallest absolute Gasteiger partial charge is 0.126 e. The Bertz CT molecular complexity index is 556. The van der Waals surface area contributed by atoms with Gasteiger partial charge in [0.05, 0.1) is 12.2 Å². The summed E-state index contributed by atoms with van der Waals surface area (Å²) in [6, 6.07) is 6.09. The van der Waals surface area contributed by atoms with Crippen LogP contribution in [0.5, 0.6) is 0 Å². The van der Waals surface area contributed by atoms with Gasteiger partial charge in [0.25, 0.3) is 0 Å². The third-order valence-corrected chi connectivity index (χ3v) is 3.21. The predicted octanol–water partition coefficient (Wildman–Crippen LogP) is 2.46. The van der Waals surface area contributed by atoms with E-state index in [2.05, 4.69) is 10.4 Å². The van der Waals surface area contributed by atoms with Crippen LogP contribution >= 0.6 is 0 Å². The van der Waals surface area contributed by atoms with Crippen molar-refractivity contribution in [1.29, 1.82) is 0 Å². The van der Waals surface area contributed by atoms with Crippen LogP contribution in [0.15, 0.2) is 30.5 Å². The van der Waals surface area contributed by atoms with E-state index in [9.17, 15) is 8.78 Å². The summed E-state index contributed by atoms with van der Waals surface area (Å²) in [6.45, 7) is 1.12. The summed E-state index contributed by atoms with van der Waals surface area (Å²) in [6.07, 6.45) is 4.16. The van der Waals surface area contributed by atoms with Crippen LogP contribution in [-0.4, -0.2) is 15.8 Å². The van der Waals surface area contributed by atoms with E-state index in [1.165, 1.54) is 25.0 Å². The standard InChI is InChI=1S/C14H15F2N3/c15-11-5-10(6-12(16)7-11)9-19-14(3-4-18-19)8-17-13-1-2-13/h3-7,13,17H,1-2,8-9H2. The van der Waals surface area contributed by atoms with E-state index in [1.54, 1.807) is 10.9 Å². The monoisotopic (exact) mass is 263 g/mol. The van der Waals surface area contributed by atoms with Gasteiger partial charge in [0.1, 0.15) is 11.6 Å². The SMILES string of the molecule is Fc1cc(F)cc(Cn2nccc2CNC2CC2)c1. The molecule has 3 rings (SSSR count). The first-order chi connectivity index (χ1) is 9.20. The highest BCUT2D eigenvalue weighted by Crippen LogP contribution is 2.19. The topological polar surface area (TPSA) is 29.9 Å². The lowest BCUT2D eigenvalue weighted by atomic mass is 10.2. The zero-order chi connectivity index (χ0) is 13.2. The lowest BCUT2D eigenvalue weighted by molar-refractivity contribution is 0.565. The molecule has 0 amide bonds. The first-order valence-electron chi connectivity index (χ1n) is 6.40. The van der Waals surface area contributed by atoms with Crippen LogP contribution in [0.2, 0.25) is 0 Å². The Morgan fingerprint density at radius 3 is 2.63 bits per heavy atom. The minimum Gasteiger partial charge on any atom is -0.308 e. The van der Waals surface area contributed by atoms with E-state index in [4.69, 9.17) is 0 Å². The van der Waals surface area contributed by atoms with E-state index in [0.717, 1.165) is 18.3 Å². The fraction of sp³-hybridized carbons (Fsp3) is 0.357. The van der Waals surface area contributed by atoms with Crippen molar-refractivity contribution >= 4 is 0 Å². The number of nitrogens with one attached hydrogen (secondary N) is 1. The summed E-state index contributed by atoms with van der Waals surface area (Å²) in [5, 5.41) is 7.60. The molecule has 1 aliphatic rings. The number of hydrogen-bond acceptors (Lipinski definition) is 2. The summed E-state index contributed by atoms with van der Waals surface area (Å²) < 4.78 is 28.0. The van der Waals surface area contributed by atoms with Gasteiger partial charge in [-0.25, -0.2) is 8.78 Å². The largest absolute Gasteiger partial charge is 0.308 e. The summed E-state index contributed by atoms with van der Waals surface area (Å²) in [4.78, 5) is 0. The van der Waals surface area contributed by atoms with Crippen LogP contribution in [0, 0.1) is 11.6 Å². The van der Waals surface area contributed by atoms with E-state index in [0.29, 0.717) is 18.2 Å². The van der Waals surface area contributed by atoms with E-state index in [1.807, 2.05) is 6.07 Å². The Morgan fingerprint density at radius 1 is 1.21 bits per heavy atom. The normalized spacial score (nSPS) is 14.8. The molecule has 0 saturated heterocycles. The third kappa shape index (κ3) is 3.17. The van der Waals surface area contributed by atoms with E-state index < -0.39 is 11.6 Å². The van der Waals surface area contributed by atoms with Gasteiger partial charge in [0.15, 0.2) is 0 Å². The maximum absolute atomic E-state index is 13.1. The lowest BCUT2D eigenvalue weighted by Crippen LogP contribution is -2.19. The average Bonchev–Trinajstić information content (AvgIpc) is 3.07. The number of benzene rings is 1. The number of hydrogen-bond donors (Lipinski definition) is 1. The molecule has 1 fully saturated rings. The van der Waals surface area contributed by atoms with Crippen LogP contribution in [0.3, 0.4) is 0 Å². The van der Waals surface area contributed by atoms with Crippen molar-refractivity contribution in [3.63, 3.8) is 0 Å². The molecule has 1 aromatic carbocycles. The van der Waals surface area contributed by atoms with Crippen molar-refractivity contribution in [3.8, 4) is 0 Å². The number of halogens is 2. The fourth-order valence-corrected chi connectivity index (χ4v) is 2.06. The van der Waals surface area contributed by atoms with Crippen LogP contribution in [0.1, 0.15) is 24.1 Å². The van der Waals surface area contributed by atoms with Crippen molar-refractivity contribution in [1.82, 2.24) is 15.1 Å². The van der Waals surface area contributed by atoms with E-state index in [-0.39, 0.29) is 0 Å². The minimum atomic E-state index is -0.556. The maximum Gasteiger partial charge on any atom is 0.126 e. The first-order valence-corrected chi connectivity index (χ1v) is 6.40.